The van der Waals surface area contributed by atoms with Crippen molar-refractivity contribution in [2.45, 2.75) is 26.4 Å². The highest BCUT2D eigenvalue weighted by Crippen LogP contribution is 2.21. The Kier molecular flexibility index (Phi) is 5.65. The standard InChI is InChI=1S/C22H18FN3O4/c1-14-2-4-16(5-3-14)22-25-20(30-26-22)13-28-21(27)11-10-19-24-12-18(29-19)15-6-8-17(23)9-7-15/h2-9,12H,10-11,13H2,1H3. The number of hydrogen-bond donors (Lipinski definition) is 0. The fourth-order valence-electron chi connectivity index (χ4n) is 2.73. The van der Waals surface area contributed by atoms with Crippen LogP contribution in [0.1, 0.15) is 23.8 Å². The molecule has 0 amide bonds. The Morgan fingerprint density at radius 1 is 1.03 bits per heavy atom. The Labute approximate surface area is 171 Å². The van der Waals surface area contributed by atoms with Crippen molar-refractivity contribution in [1.29, 1.82) is 0 Å². The van der Waals surface area contributed by atoms with Crippen molar-refractivity contribution in [3.63, 3.8) is 0 Å². The number of benzene rings is 2. The fraction of sp³-hybridized carbons (Fsp3) is 0.182. The van der Waals surface area contributed by atoms with Crippen LogP contribution in [0.25, 0.3) is 22.7 Å². The van der Waals surface area contributed by atoms with Gasteiger partial charge in [0, 0.05) is 17.5 Å². The lowest BCUT2D eigenvalue weighted by atomic mass is 10.1. The number of esters is 1. The number of halogens is 1. The molecule has 0 aliphatic heterocycles. The topological polar surface area (TPSA) is 91.2 Å². The average Bonchev–Trinajstić information content (AvgIpc) is 3.42. The summed E-state index contributed by atoms with van der Waals surface area (Å²) in [5.74, 6) is 0.793. The van der Waals surface area contributed by atoms with Crippen molar-refractivity contribution >= 4 is 5.97 Å². The van der Waals surface area contributed by atoms with E-state index in [1.165, 1.54) is 12.1 Å². The lowest BCUT2D eigenvalue weighted by Crippen LogP contribution is -2.06. The van der Waals surface area contributed by atoms with Crippen LogP contribution >= 0.6 is 0 Å². The van der Waals surface area contributed by atoms with Crippen molar-refractivity contribution in [3.8, 4) is 22.7 Å². The Hall–Kier alpha value is -3.81. The zero-order valence-electron chi connectivity index (χ0n) is 16.2. The van der Waals surface area contributed by atoms with Gasteiger partial charge in [0.1, 0.15) is 5.82 Å². The largest absolute Gasteiger partial charge is 0.456 e. The third-order valence-electron chi connectivity index (χ3n) is 4.36. The second-order valence-corrected chi connectivity index (χ2v) is 6.66. The molecule has 0 N–H and O–H groups in total. The van der Waals surface area contributed by atoms with Crippen LogP contribution in [0.5, 0.6) is 0 Å². The van der Waals surface area contributed by atoms with Crippen molar-refractivity contribution in [3.05, 3.63) is 77.9 Å². The van der Waals surface area contributed by atoms with Crippen LogP contribution in [0, 0.1) is 12.7 Å². The van der Waals surface area contributed by atoms with Crippen LogP contribution in [-0.4, -0.2) is 21.1 Å². The molecule has 2 aromatic carbocycles. The number of carbonyl (C=O) groups excluding carboxylic acids is 1. The molecule has 0 bridgehead atoms. The summed E-state index contributed by atoms with van der Waals surface area (Å²) in [7, 11) is 0. The number of oxazole rings is 1. The van der Waals surface area contributed by atoms with Gasteiger partial charge >= 0.3 is 5.97 Å². The molecule has 0 spiro atoms. The van der Waals surface area contributed by atoms with E-state index in [4.69, 9.17) is 13.7 Å². The minimum atomic E-state index is -0.438. The first kappa shape index (κ1) is 19.5. The lowest BCUT2D eigenvalue weighted by Gasteiger charge is -2.00. The van der Waals surface area contributed by atoms with E-state index in [-0.39, 0.29) is 31.2 Å². The van der Waals surface area contributed by atoms with Gasteiger partial charge in [-0.25, -0.2) is 9.37 Å². The van der Waals surface area contributed by atoms with Crippen LogP contribution in [0.3, 0.4) is 0 Å². The molecule has 0 aliphatic carbocycles. The van der Waals surface area contributed by atoms with E-state index in [0.717, 1.165) is 11.1 Å². The highest BCUT2D eigenvalue weighted by atomic mass is 19.1. The van der Waals surface area contributed by atoms with E-state index in [0.29, 0.717) is 23.0 Å². The van der Waals surface area contributed by atoms with Gasteiger partial charge in [-0.1, -0.05) is 35.0 Å². The van der Waals surface area contributed by atoms with Gasteiger partial charge in [-0.15, -0.1) is 0 Å². The first-order valence-corrected chi connectivity index (χ1v) is 9.33. The van der Waals surface area contributed by atoms with E-state index in [1.54, 1.807) is 18.3 Å². The zero-order chi connectivity index (χ0) is 20.9. The van der Waals surface area contributed by atoms with Crippen LogP contribution < -0.4 is 0 Å². The van der Waals surface area contributed by atoms with E-state index >= 15 is 0 Å². The molecule has 4 rings (SSSR count). The van der Waals surface area contributed by atoms with E-state index < -0.39 is 5.97 Å². The van der Waals surface area contributed by atoms with Gasteiger partial charge in [0.05, 0.1) is 12.6 Å². The molecule has 30 heavy (non-hydrogen) atoms. The van der Waals surface area contributed by atoms with Gasteiger partial charge < -0.3 is 13.7 Å². The summed E-state index contributed by atoms with van der Waals surface area (Å²) in [5, 5.41) is 3.90. The molecule has 7 nitrogen and oxygen atoms in total. The summed E-state index contributed by atoms with van der Waals surface area (Å²) >= 11 is 0. The van der Waals surface area contributed by atoms with Crippen molar-refractivity contribution in [2.24, 2.45) is 0 Å². The minimum Gasteiger partial charge on any atom is -0.456 e. The Balaban J connectivity index is 1.27. The maximum absolute atomic E-state index is 13.0. The lowest BCUT2D eigenvalue weighted by molar-refractivity contribution is -0.145. The summed E-state index contributed by atoms with van der Waals surface area (Å²) in [5.41, 5.74) is 2.66. The number of carbonyl (C=O) groups is 1. The molecule has 4 aromatic rings. The number of aromatic nitrogens is 3. The van der Waals surface area contributed by atoms with Crippen LogP contribution in [0.2, 0.25) is 0 Å². The van der Waals surface area contributed by atoms with Crippen LogP contribution in [0.15, 0.2) is 63.7 Å². The molecule has 0 aliphatic rings. The summed E-state index contributed by atoms with van der Waals surface area (Å²) in [6.07, 6.45) is 1.90. The van der Waals surface area contributed by atoms with Crippen molar-refractivity contribution in [1.82, 2.24) is 15.1 Å². The number of ether oxygens (including phenoxy) is 1. The monoisotopic (exact) mass is 407 g/mol. The number of rotatable bonds is 7. The maximum atomic E-state index is 13.0. The summed E-state index contributed by atoms with van der Waals surface area (Å²) < 4.78 is 28.9. The third kappa shape index (κ3) is 4.78. The number of nitrogens with zero attached hydrogens (tertiary/aromatic N) is 3. The molecule has 0 atom stereocenters. The third-order valence-corrected chi connectivity index (χ3v) is 4.36. The first-order chi connectivity index (χ1) is 14.6. The van der Waals surface area contributed by atoms with Gasteiger partial charge in [-0.2, -0.15) is 4.98 Å². The highest BCUT2D eigenvalue weighted by molar-refractivity contribution is 5.69. The molecule has 0 saturated heterocycles. The van der Waals surface area contributed by atoms with E-state index in [2.05, 4.69) is 15.1 Å². The van der Waals surface area contributed by atoms with E-state index in [1.807, 2.05) is 31.2 Å². The molecule has 8 heteroatoms. The predicted molar refractivity (Wildman–Crippen MR) is 104 cm³/mol. The number of aryl methyl sites for hydroxylation is 2. The van der Waals surface area contributed by atoms with Crippen molar-refractivity contribution in [2.75, 3.05) is 0 Å². The van der Waals surface area contributed by atoms with Gasteiger partial charge in [-0.3, -0.25) is 4.79 Å². The van der Waals surface area contributed by atoms with Gasteiger partial charge in [-0.05, 0) is 31.2 Å². The number of hydrogen-bond acceptors (Lipinski definition) is 7. The molecule has 2 heterocycles. The molecule has 0 unspecified atom stereocenters. The second-order valence-electron chi connectivity index (χ2n) is 6.66. The molecule has 0 fully saturated rings. The van der Waals surface area contributed by atoms with E-state index in [9.17, 15) is 9.18 Å². The summed E-state index contributed by atoms with van der Waals surface area (Å²) in [4.78, 5) is 20.4. The molecule has 152 valence electrons. The second kappa shape index (κ2) is 8.69. The fourth-order valence-corrected chi connectivity index (χ4v) is 2.73. The Bertz CT molecular complexity index is 1040. The van der Waals surface area contributed by atoms with Gasteiger partial charge in [0.25, 0.3) is 5.89 Å². The quantitative estimate of drug-likeness (QED) is 0.416. The summed E-state index contributed by atoms with van der Waals surface area (Å²) in [6.45, 7) is 1.89. The zero-order valence-corrected chi connectivity index (χ0v) is 16.2. The Morgan fingerprint density at radius 2 is 1.77 bits per heavy atom. The molecular formula is C22H18FN3O4. The average molecular weight is 407 g/mol. The highest BCUT2D eigenvalue weighted by Gasteiger charge is 2.13. The molecule has 0 radical (unpaired) electrons. The molecular weight excluding hydrogens is 389 g/mol. The smallest absolute Gasteiger partial charge is 0.306 e. The Morgan fingerprint density at radius 3 is 2.53 bits per heavy atom. The summed E-state index contributed by atoms with van der Waals surface area (Å²) in [6, 6.07) is 13.6. The van der Waals surface area contributed by atoms with Crippen LogP contribution in [-0.2, 0) is 22.6 Å². The normalized spacial score (nSPS) is 10.9. The molecule has 2 aromatic heterocycles. The SMILES string of the molecule is Cc1ccc(-c2noc(COC(=O)CCc3ncc(-c4ccc(F)cc4)o3)n2)cc1. The first-order valence-electron chi connectivity index (χ1n) is 9.33. The van der Waals surface area contributed by atoms with Gasteiger partial charge in [0.2, 0.25) is 5.82 Å². The van der Waals surface area contributed by atoms with Gasteiger partial charge in [0.15, 0.2) is 18.3 Å². The molecule has 0 saturated carbocycles. The minimum absolute atomic E-state index is 0.0856. The predicted octanol–water partition coefficient (Wildman–Crippen LogP) is 4.52. The van der Waals surface area contributed by atoms with Crippen LogP contribution in [0.4, 0.5) is 4.39 Å². The van der Waals surface area contributed by atoms with Crippen molar-refractivity contribution < 1.29 is 22.9 Å². The maximum Gasteiger partial charge on any atom is 0.306 e.